The Hall–Kier alpha value is -4.28. The van der Waals surface area contributed by atoms with Gasteiger partial charge in [-0.05, 0) is 36.8 Å². The first-order chi connectivity index (χ1) is 17.8. The Morgan fingerprint density at radius 2 is 1.97 bits per heavy atom. The van der Waals surface area contributed by atoms with Crippen molar-refractivity contribution in [3.05, 3.63) is 118 Å². The molecule has 3 heterocycles. The van der Waals surface area contributed by atoms with E-state index in [1.54, 1.807) is 31.2 Å². The molecular weight excluding hydrogens is 518 g/mol. The molecule has 4 aromatic rings. The number of methoxy groups -OCH3 is 1. The predicted molar refractivity (Wildman–Crippen MR) is 138 cm³/mol. The van der Waals surface area contributed by atoms with Crippen LogP contribution in [0.1, 0.15) is 24.3 Å². The van der Waals surface area contributed by atoms with Crippen LogP contribution < -0.4 is 14.9 Å². The van der Waals surface area contributed by atoms with E-state index in [2.05, 4.69) is 4.99 Å². The van der Waals surface area contributed by atoms with Gasteiger partial charge in [-0.15, -0.1) is 0 Å². The molecule has 0 radical (unpaired) electrons. The monoisotopic (exact) mass is 535 g/mol. The number of carbonyl (C=O) groups excluding carboxylic acids is 1. The first kappa shape index (κ1) is 24.4. The molecule has 0 aliphatic carbocycles. The zero-order valence-corrected chi connectivity index (χ0v) is 21.1. The first-order valence-corrected chi connectivity index (χ1v) is 12.2. The molecule has 186 valence electrons. The van der Waals surface area contributed by atoms with Gasteiger partial charge in [-0.1, -0.05) is 53.3 Å². The van der Waals surface area contributed by atoms with E-state index < -0.39 is 16.9 Å². The van der Waals surface area contributed by atoms with Crippen molar-refractivity contribution >= 4 is 40.7 Å². The number of thiazole rings is 1. The fraction of sp³-hybridized carbons (Fsp3) is 0.115. The molecule has 1 unspecified atom stereocenters. The Morgan fingerprint density at radius 1 is 1.22 bits per heavy atom. The van der Waals surface area contributed by atoms with Crippen LogP contribution in [0.3, 0.4) is 0 Å². The number of halogens is 1. The Balaban J connectivity index is 1.61. The van der Waals surface area contributed by atoms with Crippen LogP contribution in [0.2, 0.25) is 5.02 Å². The number of ether oxygens (including phenoxy) is 1. The van der Waals surface area contributed by atoms with Crippen molar-refractivity contribution in [3.63, 3.8) is 0 Å². The topological polar surface area (TPSA) is 117 Å². The average Bonchev–Trinajstić information content (AvgIpc) is 3.48. The lowest BCUT2D eigenvalue weighted by atomic mass is 9.96. The number of nitro groups is 1. The summed E-state index contributed by atoms with van der Waals surface area (Å²) in [4.78, 5) is 41.9. The zero-order valence-electron chi connectivity index (χ0n) is 19.5. The number of rotatable bonds is 5. The fourth-order valence-electron chi connectivity index (χ4n) is 4.16. The molecule has 1 aliphatic rings. The third kappa shape index (κ3) is 4.41. The highest BCUT2D eigenvalue weighted by atomic mass is 35.5. The van der Waals surface area contributed by atoms with E-state index in [1.165, 1.54) is 35.1 Å². The van der Waals surface area contributed by atoms with Crippen molar-refractivity contribution in [2.24, 2.45) is 4.99 Å². The van der Waals surface area contributed by atoms with Gasteiger partial charge in [0.05, 0.1) is 33.9 Å². The summed E-state index contributed by atoms with van der Waals surface area (Å²) in [6.07, 6.45) is 1.58. The van der Waals surface area contributed by atoms with Gasteiger partial charge in [-0.25, -0.2) is 9.79 Å². The van der Waals surface area contributed by atoms with E-state index >= 15 is 0 Å². The minimum atomic E-state index is -0.700. The molecule has 0 N–H and O–H groups in total. The molecule has 2 aromatic heterocycles. The van der Waals surface area contributed by atoms with E-state index in [-0.39, 0.29) is 21.8 Å². The number of esters is 1. The number of furan rings is 1. The van der Waals surface area contributed by atoms with Crippen LogP contribution in [0.15, 0.2) is 86.1 Å². The summed E-state index contributed by atoms with van der Waals surface area (Å²) < 4.78 is 12.7. The Labute approximate surface area is 218 Å². The number of hydrogen-bond donors (Lipinski definition) is 0. The lowest BCUT2D eigenvalue weighted by Crippen LogP contribution is -2.39. The van der Waals surface area contributed by atoms with E-state index in [0.717, 1.165) is 5.56 Å². The van der Waals surface area contributed by atoms with E-state index in [0.29, 0.717) is 32.1 Å². The second kappa shape index (κ2) is 9.64. The molecule has 2 aromatic carbocycles. The normalized spacial score (nSPS) is 15.3. The van der Waals surface area contributed by atoms with E-state index in [1.807, 2.05) is 30.3 Å². The number of fused-ring (bicyclic) bond motifs is 1. The van der Waals surface area contributed by atoms with Gasteiger partial charge in [0, 0.05) is 17.7 Å². The summed E-state index contributed by atoms with van der Waals surface area (Å²) in [6.45, 7) is 1.71. The molecule has 37 heavy (non-hydrogen) atoms. The molecule has 1 aliphatic heterocycles. The number of benzene rings is 2. The Morgan fingerprint density at radius 3 is 2.68 bits per heavy atom. The van der Waals surface area contributed by atoms with Gasteiger partial charge in [0.15, 0.2) is 4.80 Å². The summed E-state index contributed by atoms with van der Waals surface area (Å²) in [6, 6.07) is 16.2. The van der Waals surface area contributed by atoms with Crippen LogP contribution in [0.5, 0.6) is 0 Å². The molecule has 11 heteroatoms. The minimum absolute atomic E-state index is 0.0243. The molecule has 0 spiro atoms. The average molecular weight is 536 g/mol. The highest BCUT2D eigenvalue weighted by Crippen LogP contribution is 2.32. The van der Waals surface area contributed by atoms with Gasteiger partial charge in [-0.2, -0.15) is 0 Å². The largest absolute Gasteiger partial charge is 0.466 e. The third-order valence-corrected chi connectivity index (χ3v) is 7.17. The van der Waals surface area contributed by atoms with Crippen LogP contribution in [0, 0.1) is 10.1 Å². The lowest BCUT2D eigenvalue weighted by molar-refractivity contribution is -0.384. The number of nitrogens with zero attached hydrogens (tertiary/aromatic N) is 3. The fourth-order valence-corrected chi connectivity index (χ4v) is 5.38. The molecule has 0 saturated heterocycles. The SMILES string of the molecule is COC(=O)C1=C(C)N=c2sc(=Cc3ccc(-c4ccc(Cl)c([N+](=O)[O-])c4)o3)c(=O)n2C1c1ccccc1. The second-order valence-corrected chi connectivity index (χ2v) is 9.53. The molecular formula is C26H18ClN3O6S. The lowest BCUT2D eigenvalue weighted by Gasteiger charge is -2.24. The van der Waals surface area contributed by atoms with Gasteiger partial charge in [0.1, 0.15) is 16.5 Å². The van der Waals surface area contributed by atoms with Crippen molar-refractivity contribution in [2.75, 3.05) is 7.11 Å². The summed E-state index contributed by atoms with van der Waals surface area (Å²) in [5.41, 5.74) is 1.40. The number of nitro benzene ring substituents is 1. The molecule has 0 bridgehead atoms. The van der Waals surface area contributed by atoms with Crippen molar-refractivity contribution in [2.45, 2.75) is 13.0 Å². The van der Waals surface area contributed by atoms with Crippen LogP contribution in [-0.4, -0.2) is 22.6 Å². The second-order valence-electron chi connectivity index (χ2n) is 8.11. The molecule has 0 fully saturated rings. The maximum absolute atomic E-state index is 13.6. The zero-order chi connectivity index (χ0) is 26.3. The molecule has 0 saturated carbocycles. The summed E-state index contributed by atoms with van der Waals surface area (Å²) in [7, 11) is 1.29. The van der Waals surface area contributed by atoms with Crippen molar-refractivity contribution in [1.82, 2.24) is 4.57 Å². The number of allylic oxidation sites excluding steroid dienone is 1. The van der Waals surface area contributed by atoms with E-state index in [4.69, 9.17) is 20.8 Å². The Kier molecular flexibility index (Phi) is 6.36. The predicted octanol–water partition coefficient (Wildman–Crippen LogP) is 4.23. The first-order valence-electron chi connectivity index (χ1n) is 11.0. The third-order valence-electron chi connectivity index (χ3n) is 5.87. The van der Waals surface area contributed by atoms with Crippen molar-refractivity contribution < 1.29 is 18.9 Å². The van der Waals surface area contributed by atoms with Crippen LogP contribution in [0.25, 0.3) is 17.4 Å². The van der Waals surface area contributed by atoms with Crippen LogP contribution in [-0.2, 0) is 9.53 Å². The van der Waals surface area contributed by atoms with Gasteiger partial charge in [-0.3, -0.25) is 19.5 Å². The van der Waals surface area contributed by atoms with Crippen molar-refractivity contribution in [1.29, 1.82) is 0 Å². The van der Waals surface area contributed by atoms with Gasteiger partial charge in [0.25, 0.3) is 11.2 Å². The summed E-state index contributed by atoms with van der Waals surface area (Å²) >= 11 is 7.08. The highest BCUT2D eigenvalue weighted by molar-refractivity contribution is 7.07. The molecule has 0 amide bonds. The maximum atomic E-state index is 13.6. The maximum Gasteiger partial charge on any atom is 0.338 e. The van der Waals surface area contributed by atoms with Gasteiger partial charge < -0.3 is 9.15 Å². The molecule has 1 atom stereocenters. The quantitative estimate of drug-likeness (QED) is 0.214. The standard InChI is InChI=1S/C26H18ClN3O6S/c1-14-22(25(32)35-2)23(15-6-4-3-5-7-15)29-24(31)21(37-26(29)28-14)13-17-9-11-20(36-17)16-8-10-18(27)19(12-16)30(33)34/h3-13,23H,1-2H3. The summed E-state index contributed by atoms with van der Waals surface area (Å²) in [5.74, 6) is 0.194. The summed E-state index contributed by atoms with van der Waals surface area (Å²) in [5, 5.41) is 11.3. The van der Waals surface area contributed by atoms with Gasteiger partial charge in [0.2, 0.25) is 0 Å². The van der Waals surface area contributed by atoms with Crippen LogP contribution in [0.4, 0.5) is 5.69 Å². The molecule has 9 nitrogen and oxygen atoms in total. The van der Waals surface area contributed by atoms with Crippen molar-refractivity contribution in [3.8, 4) is 11.3 Å². The minimum Gasteiger partial charge on any atom is -0.466 e. The van der Waals surface area contributed by atoms with E-state index in [9.17, 15) is 19.7 Å². The number of carbonyl (C=O) groups is 1. The van der Waals surface area contributed by atoms with Crippen LogP contribution >= 0.6 is 22.9 Å². The molecule has 5 rings (SSSR count). The number of hydrogen-bond acceptors (Lipinski definition) is 8. The smallest absolute Gasteiger partial charge is 0.338 e. The Bertz CT molecular complexity index is 1770. The van der Waals surface area contributed by atoms with Gasteiger partial charge >= 0.3 is 5.97 Å². The number of aromatic nitrogens is 1. The highest BCUT2D eigenvalue weighted by Gasteiger charge is 2.33.